The van der Waals surface area contributed by atoms with E-state index in [0.29, 0.717) is 23.7 Å². The van der Waals surface area contributed by atoms with Crippen molar-refractivity contribution in [1.29, 1.82) is 0 Å². The maximum atomic E-state index is 14.9. The number of hydrogen-bond donors (Lipinski definition) is 0. The number of unbranched alkanes of at least 4 members (excludes halogenated alkanes) is 3. The van der Waals surface area contributed by atoms with Crippen LogP contribution in [0.5, 0.6) is 23.0 Å². The molecule has 16 heteroatoms. The molecule has 130 heavy (non-hydrogen) atoms. The van der Waals surface area contributed by atoms with Crippen LogP contribution in [0.2, 0.25) is 0 Å². The summed E-state index contributed by atoms with van der Waals surface area (Å²) in [7, 11) is 4.78. The van der Waals surface area contributed by atoms with Crippen molar-refractivity contribution in [2.45, 2.75) is 218 Å². The van der Waals surface area contributed by atoms with Gasteiger partial charge in [-0.05, 0) is 312 Å². The summed E-state index contributed by atoms with van der Waals surface area (Å²) in [6.07, 6.45) is 33.6. The molecule has 0 heterocycles. The second kappa shape index (κ2) is 46.2. The normalized spacial score (nSPS) is 18.4. The molecule has 0 aliphatic heterocycles. The zero-order chi connectivity index (χ0) is 92.1. The number of benzene rings is 12. The Morgan fingerprint density at radius 2 is 0.400 bits per heavy atom. The van der Waals surface area contributed by atoms with E-state index in [2.05, 4.69) is 76.2 Å². The number of halogens is 12. The van der Waals surface area contributed by atoms with Gasteiger partial charge in [0.15, 0.2) is 69.5 Å². The second-order valence-electron chi connectivity index (χ2n) is 35.9. The SMILES string of the molecule is CCC1CCC(c2ccc(-c3ccc(-c4cc(F)c(OC)c(F)c4)c(F)c3)cc2)CC1.CCCC1CCC(c2ccc(-c3ccc(-c4cc(F)c(OC)c(F)c4)c(F)c3)cc2)CC1.CCCCC1CCC(c2ccc(-c3ccc(-c4cc(F)c(OC)c(F)c4)c(F)c3)cc2)CC1.CCCCCC1CCC(c2ccc(-c3ccc(-c4cc(F)c(OC)c(F)c4)c(F)c3)cc2)CC1. The van der Waals surface area contributed by atoms with Crippen molar-refractivity contribution in [3.05, 3.63) is 310 Å². The molecule has 4 aliphatic carbocycles. The van der Waals surface area contributed by atoms with Gasteiger partial charge in [0.25, 0.3) is 0 Å². The summed E-state index contributed by atoms with van der Waals surface area (Å²) in [6, 6.07) is 61.3. The van der Waals surface area contributed by atoms with E-state index >= 15 is 0 Å². The molecule has 0 atom stereocenters. The van der Waals surface area contributed by atoms with Gasteiger partial charge in [0.1, 0.15) is 23.3 Å². The maximum Gasteiger partial charge on any atom is 0.190 e. The lowest BCUT2D eigenvalue weighted by Crippen LogP contribution is -2.13. The zero-order valence-electron chi connectivity index (χ0n) is 76.0. The third kappa shape index (κ3) is 24.2. The van der Waals surface area contributed by atoms with Crippen LogP contribution in [0, 0.1) is 93.5 Å². The minimum atomic E-state index is -0.857. The fourth-order valence-corrected chi connectivity index (χ4v) is 20.0. The van der Waals surface area contributed by atoms with Crippen LogP contribution in [0.1, 0.15) is 241 Å². The molecule has 4 saturated carbocycles. The Kier molecular flexibility index (Phi) is 34.3. The van der Waals surface area contributed by atoms with Gasteiger partial charge >= 0.3 is 0 Å². The van der Waals surface area contributed by atoms with Crippen LogP contribution in [0.15, 0.2) is 218 Å². The highest BCUT2D eigenvalue weighted by Gasteiger charge is 2.29. The van der Waals surface area contributed by atoms with Crippen molar-refractivity contribution in [3.8, 4) is 112 Å². The van der Waals surface area contributed by atoms with E-state index in [1.54, 1.807) is 48.5 Å². The van der Waals surface area contributed by atoms with Crippen molar-refractivity contribution >= 4 is 0 Å². The fourth-order valence-electron chi connectivity index (χ4n) is 20.0. The molecule has 0 spiro atoms. The van der Waals surface area contributed by atoms with Gasteiger partial charge in [-0.3, -0.25) is 0 Å². The number of rotatable bonds is 26. The second-order valence-corrected chi connectivity index (χ2v) is 35.9. The summed E-state index contributed by atoms with van der Waals surface area (Å²) >= 11 is 0. The molecule has 4 fully saturated rings. The molecule has 12 aromatic carbocycles. The molecule has 12 aromatic rings. The Morgan fingerprint density at radius 3 is 0.600 bits per heavy atom. The van der Waals surface area contributed by atoms with Crippen molar-refractivity contribution in [1.82, 2.24) is 0 Å². The third-order valence-electron chi connectivity index (χ3n) is 27.6. The quantitative estimate of drug-likeness (QED) is 0.0400. The van der Waals surface area contributed by atoms with Crippen LogP contribution < -0.4 is 18.9 Å². The van der Waals surface area contributed by atoms with E-state index in [9.17, 15) is 52.7 Å². The van der Waals surface area contributed by atoms with Crippen LogP contribution in [0.3, 0.4) is 0 Å². The molecule has 16 rings (SSSR count). The highest BCUT2D eigenvalue weighted by molar-refractivity contribution is 5.76. The molecule has 0 radical (unpaired) electrons. The molecule has 0 amide bonds. The van der Waals surface area contributed by atoms with Gasteiger partial charge in [-0.25, -0.2) is 52.7 Å². The smallest absolute Gasteiger partial charge is 0.190 e. The summed E-state index contributed by atoms with van der Waals surface area (Å²) in [4.78, 5) is 0. The summed E-state index contributed by atoms with van der Waals surface area (Å²) in [5.41, 5.74) is 13.2. The number of hydrogen-bond acceptors (Lipinski definition) is 4. The highest BCUT2D eigenvalue weighted by Crippen LogP contribution is 2.46. The average Bonchev–Trinajstić information content (AvgIpc) is 0.805. The van der Waals surface area contributed by atoms with Crippen molar-refractivity contribution in [2.24, 2.45) is 23.7 Å². The monoisotopic (exact) mass is 1780 g/mol. The Morgan fingerprint density at radius 1 is 0.200 bits per heavy atom. The van der Waals surface area contributed by atoms with Crippen LogP contribution in [0.4, 0.5) is 52.7 Å². The van der Waals surface area contributed by atoms with E-state index in [-0.39, 0.29) is 44.5 Å². The first-order valence-electron chi connectivity index (χ1n) is 46.7. The Balaban J connectivity index is 0.000000148. The molecule has 0 N–H and O–H groups in total. The highest BCUT2D eigenvalue weighted by atomic mass is 19.2. The fraction of sp³-hybridized carbons (Fsp3) is 0.368. The van der Waals surface area contributed by atoms with Gasteiger partial charge in [-0.1, -0.05) is 237 Å². The standard InChI is InChI=1S/C30H33F3O.C29H31F3O.C28H29F3O.C27H27F3O/c1-3-4-5-6-20-7-9-21(10-8-20)22-11-13-23(14-12-22)24-15-16-26(27(31)17-24)25-18-28(32)30(34-2)29(33)19-25;1-3-4-5-19-6-8-20(9-7-19)21-10-12-22(13-11-21)23-14-15-25(26(30)16-23)24-17-27(31)29(33-2)28(32)18-24;1-3-4-18-5-7-19(8-6-18)20-9-11-21(12-10-20)22-13-14-24(25(29)15-22)23-16-26(30)28(32-2)27(31)17-23;1-3-17-4-6-18(7-5-17)19-8-10-20(11-9-19)21-12-13-23(24(28)14-21)22-15-25(29)27(31-2)26(30)16-22/h11-21H,3-10H2,1-2H3;10-20H,3-9H2,1-2H3;9-19H,3-8H2,1-2H3;8-18H,3-7H2,1-2H3. The van der Waals surface area contributed by atoms with Crippen LogP contribution in [-0.4, -0.2) is 28.4 Å². The Hall–Kier alpha value is -11.0. The number of methoxy groups -OCH3 is 4. The van der Waals surface area contributed by atoms with Crippen LogP contribution in [-0.2, 0) is 0 Å². The third-order valence-corrected chi connectivity index (χ3v) is 27.6. The molecule has 0 saturated heterocycles. The van der Waals surface area contributed by atoms with Gasteiger partial charge in [0, 0.05) is 22.3 Å². The van der Waals surface area contributed by atoms with E-state index < -0.39 is 92.8 Å². The minimum Gasteiger partial charge on any atom is -0.491 e. The van der Waals surface area contributed by atoms with E-state index in [0.717, 1.165) is 117 Å². The molecule has 0 unspecified atom stereocenters. The molecule has 684 valence electrons. The predicted octanol–water partition coefficient (Wildman–Crippen LogP) is 34.9. The molecule has 0 aromatic heterocycles. The zero-order valence-corrected chi connectivity index (χ0v) is 76.0. The molecule has 4 aliphatic rings. The molecular weight excluding hydrogens is 1660 g/mol. The summed E-state index contributed by atoms with van der Waals surface area (Å²) in [6.45, 7) is 9.04. The Labute approximate surface area is 760 Å². The van der Waals surface area contributed by atoms with E-state index in [1.165, 1.54) is 242 Å². The summed E-state index contributed by atoms with van der Waals surface area (Å²) in [5.74, 6) is -4.87. The van der Waals surface area contributed by atoms with Crippen LogP contribution in [0.25, 0.3) is 89.0 Å². The van der Waals surface area contributed by atoms with Gasteiger partial charge in [0.2, 0.25) is 0 Å². The summed E-state index contributed by atoms with van der Waals surface area (Å²) in [5, 5.41) is 0. The lowest BCUT2D eigenvalue weighted by atomic mass is 9.77. The largest absolute Gasteiger partial charge is 0.491 e. The molecular formula is C114H120F12O4. The van der Waals surface area contributed by atoms with Crippen LogP contribution >= 0.6 is 0 Å². The van der Waals surface area contributed by atoms with Gasteiger partial charge in [0.05, 0.1) is 28.4 Å². The van der Waals surface area contributed by atoms with Crippen molar-refractivity contribution in [2.75, 3.05) is 28.4 Å². The Bertz CT molecular complexity index is 5610. The van der Waals surface area contributed by atoms with Gasteiger partial charge in [-0.15, -0.1) is 0 Å². The number of ether oxygens (including phenoxy) is 4. The van der Waals surface area contributed by atoms with Crippen molar-refractivity contribution < 1.29 is 71.6 Å². The first-order chi connectivity index (χ1) is 63.0. The predicted molar refractivity (Wildman–Crippen MR) is 503 cm³/mol. The minimum absolute atomic E-state index is 0.137. The lowest BCUT2D eigenvalue weighted by molar-refractivity contribution is 0.303. The first kappa shape index (κ1) is 96.6. The average molecular weight is 1780 g/mol. The van der Waals surface area contributed by atoms with E-state index in [4.69, 9.17) is 18.9 Å². The first-order valence-corrected chi connectivity index (χ1v) is 46.7. The van der Waals surface area contributed by atoms with Gasteiger partial charge < -0.3 is 18.9 Å². The van der Waals surface area contributed by atoms with Crippen molar-refractivity contribution in [3.63, 3.8) is 0 Å². The summed E-state index contributed by atoms with van der Waals surface area (Å²) < 4.78 is 191. The topological polar surface area (TPSA) is 36.9 Å². The van der Waals surface area contributed by atoms with E-state index in [1.807, 2.05) is 48.5 Å². The maximum absolute atomic E-state index is 14.9. The molecule has 4 nitrogen and oxygen atoms in total. The molecule has 0 bridgehead atoms. The lowest BCUT2D eigenvalue weighted by Gasteiger charge is -2.29. The van der Waals surface area contributed by atoms with Gasteiger partial charge in [-0.2, -0.15) is 0 Å².